The molecule has 2 aromatic heterocycles. The average Bonchev–Trinajstić information content (AvgIpc) is 3.69. The van der Waals surface area contributed by atoms with Gasteiger partial charge < -0.3 is 14.4 Å². The molecular weight excluding hydrogens is 767 g/mol. The maximum Gasteiger partial charge on any atom is 0.115 e. The summed E-state index contributed by atoms with van der Waals surface area (Å²) in [5.74, 6) is 0. The van der Waals surface area contributed by atoms with Gasteiger partial charge in [-0.25, -0.2) is 9.97 Å². The molecule has 0 saturated carbocycles. The molecule has 5 nitrogen and oxygen atoms in total. The highest BCUT2D eigenvalue weighted by atomic mass is 15.1. The van der Waals surface area contributed by atoms with Crippen molar-refractivity contribution >= 4 is 55.9 Å². The first-order chi connectivity index (χ1) is 31.2. The van der Waals surface area contributed by atoms with E-state index in [1.165, 1.54) is 10.8 Å². The normalized spacial score (nSPS) is 11.2. The summed E-state index contributed by atoms with van der Waals surface area (Å²) in [7, 11) is 0. The number of hydrogen-bond donors (Lipinski definition) is 0. The fourth-order valence-electron chi connectivity index (χ4n) is 8.72. The van der Waals surface area contributed by atoms with Gasteiger partial charge in [-0.3, -0.25) is 0 Å². The molecule has 0 atom stereocenters. The maximum atomic E-state index is 4.24. The summed E-state index contributed by atoms with van der Waals surface area (Å²) in [5, 5.41) is 2.39. The van der Waals surface area contributed by atoms with Gasteiger partial charge >= 0.3 is 0 Å². The monoisotopic (exact) mass is 807 g/mol. The van der Waals surface area contributed by atoms with E-state index in [2.05, 4.69) is 255 Å². The first-order valence-corrected chi connectivity index (χ1v) is 21.2. The number of benzene rings is 9. The van der Waals surface area contributed by atoms with Crippen molar-refractivity contribution in [3.63, 3.8) is 0 Å². The third kappa shape index (κ3) is 7.28. The Bertz CT molecular complexity index is 3020. The van der Waals surface area contributed by atoms with E-state index in [9.17, 15) is 0 Å². The predicted molar refractivity (Wildman–Crippen MR) is 262 cm³/mol. The van der Waals surface area contributed by atoms with Crippen LogP contribution in [0.15, 0.2) is 249 Å². The molecule has 0 amide bonds. The van der Waals surface area contributed by atoms with Crippen molar-refractivity contribution in [3.05, 3.63) is 249 Å². The van der Waals surface area contributed by atoms with E-state index in [4.69, 9.17) is 0 Å². The van der Waals surface area contributed by atoms with Crippen molar-refractivity contribution in [2.24, 2.45) is 0 Å². The molecule has 11 rings (SSSR count). The van der Waals surface area contributed by atoms with Crippen LogP contribution in [0.3, 0.4) is 0 Å². The second-order valence-corrected chi connectivity index (χ2v) is 15.6. The highest BCUT2D eigenvalue weighted by Crippen LogP contribution is 2.41. The van der Waals surface area contributed by atoms with Crippen molar-refractivity contribution in [2.75, 3.05) is 9.80 Å². The highest BCUT2D eigenvalue weighted by molar-refractivity contribution is 6.11. The fourth-order valence-corrected chi connectivity index (χ4v) is 8.72. The Kier molecular flexibility index (Phi) is 9.80. The molecule has 0 aliphatic heterocycles. The minimum Gasteiger partial charge on any atom is -0.311 e. The maximum absolute atomic E-state index is 4.24. The fraction of sp³-hybridized carbons (Fsp3) is 0. The Morgan fingerprint density at radius 3 is 0.984 bits per heavy atom. The summed E-state index contributed by atoms with van der Waals surface area (Å²) in [5.41, 5.74) is 16.8. The third-order valence-corrected chi connectivity index (χ3v) is 11.8. The third-order valence-electron chi connectivity index (χ3n) is 11.8. The van der Waals surface area contributed by atoms with E-state index < -0.39 is 0 Å². The Balaban J connectivity index is 1.00. The van der Waals surface area contributed by atoms with E-state index in [1.54, 1.807) is 6.33 Å². The van der Waals surface area contributed by atoms with Gasteiger partial charge in [0.15, 0.2) is 0 Å². The number of nitrogens with zero attached hydrogens (tertiary/aromatic N) is 5. The van der Waals surface area contributed by atoms with E-state index in [0.717, 1.165) is 84.2 Å². The molecule has 0 bridgehead atoms. The molecule has 2 heterocycles. The lowest BCUT2D eigenvalue weighted by molar-refractivity contribution is 1.16. The zero-order valence-corrected chi connectivity index (χ0v) is 34.4. The van der Waals surface area contributed by atoms with Gasteiger partial charge in [-0.1, -0.05) is 121 Å². The minimum atomic E-state index is 0.990. The average molecular weight is 808 g/mol. The number of aromatic nitrogens is 3. The minimum absolute atomic E-state index is 0.990. The molecule has 0 radical (unpaired) electrons. The lowest BCUT2D eigenvalue weighted by Gasteiger charge is -2.25. The molecule has 0 aliphatic rings. The van der Waals surface area contributed by atoms with Gasteiger partial charge in [0.25, 0.3) is 0 Å². The number of rotatable bonds is 10. The van der Waals surface area contributed by atoms with Crippen molar-refractivity contribution < 1.29 is 0 Å². The first-order valence-electron chi connectivity index (χ1n) is 21.2. The summed E-state index contributed by atoms with van der Waals surface area (Å²) in [6, 6.07) is 82.4. The molecule has 298 valence electrons. The van der Waals surface area contributed by atoms with E-state index >= 15 is 0 Å². The van der Waals surface area contributed by atoms with Gasteiger partial charge in [-0.15, -0.1) is 0 Å². The summed E-state index contributed by atoms with van der Waals surface area (Å²) in [6.07, 6.45) is 5.27. The van der Waals surface area contributed by atoms with Crippen molar-refractivity contribution in [1.82, 2.24) is 14.5 Å². The van der Waals surface area contributed by atoms with Crippen molar-refractivity contribution in [3.8, 4) is 39.1 Å². The van der Waals surface area contributed by atoms with Gasteiger partial charge in [0.05, 0.1) is 11.0 Å². The van der Waals surface area contributed by atoms with Crippen LogP contribution in [-0.4, -0.2) is 14.5 Å². The van der Waals surface area contributed by atoms with E-state index in [0.29, 0.717) is 0 Å². The molecule has 0 unspecified atom stereocenters. The largest absolute Gasteiger partial charge is 0.311 e. The molecule has 0 saturated heterocycles. The number of hydrogen-bond acceptors (Lipinski definition) is 4. The van der Waals surface area contributed by atoms with E-state index in [1.807, 2.05) is 12.4 Å². The summed E-state index contributed by atoms with van der Waals surface area (Å²) < 4.78 is 2.38. The number of para-hydroxylation sites is 4. The first kappa shape index (κ1) is 37.5. The van der Waals surface area contributed by atoms with Crippen LogP contribution in [0, 0.1) is 0 Å². The number of anilines is 6. The summed E-state index contributed by atoms with van der Waals surface area (Å²) >= 11 is 0. The van der Waals surface area contributed by atoms with Crippen LogP contribution in [0.4, 0.5) is 34.1 Å². The van der Waals surface area contributed by atoms with Crippen LogP contribution < -0.4 is 9.80 Å². The standard InChI is InChI=1S/C58H41N5/c1-5-13-48(14-6-1)61(49-15-7-2-8-16-49)52-29-21-42(22-30-52)45-27-35-57-55(37-45)56-38-46(28-36-58(56)63(57)54-33-25-44(26-34-54)47-39-59-41-60-40-47)43-23-31-53(32-24-43)62(50-17-9-3-10-18-50)51-19-11-4-12-20-51/h1-41H. The van der Waals surface area contributed by atoms with Gasteiger partial charge in [0.1, 0.15) is 6.33 Å². The Hall–Kier alpha value is -8.54. The van der Waals surface area contributed by atoms with Crippen molar-refractivity contribution in [2.45, 2.75) is 0 Å². The lowest BCUT2D eigenvalue weighted by atomic mass is 9.99. The Morgan fingerprint density at radius 2 is 0.603 bits per heavy atom. The second kappa shape index (κ2) is 16.5. The van der Waals surface area contributed by atoms with Gasteiger partial charge in [-0.2, -0.15) is 0 Å². The molecule has 9 aromatic carbocycles. The SMILES string of the molecule is c1ccc(N(c2ccccc2)c2ccc(-c3ccc4c(c3)c3cc(-c5ccc(N(c6ccccc6)c6ccccc6)cc5)ccc3n4-c3ccc(-c4cncnc4)cc3)cc2)cc1. The zero-order valence-electron chi connectivity index (χ0n) is 34.4. The molecule has 5 heteroatoms. The van der Waals surface area contributed by atoms with Crippen molar-refractivity contribution in [1.29, 1.82) is 0 Å². The van der Waals surface area contributed by atoms with Crippen LogP contribution in [0.2, 0.25) is 0 Å². The van der Waals surface area contributed by atoms with Crippen LogP contribution in [0.1, 0.15) is 0 Å². The molecule has 0 aliphatic carbocycles. The van der Waals surface area contributed by atoms with Crippen LogP contribution in [0.25, 0.3) is 60.9 Å². The van der Waals surface area contributed by atoms with Gasteiger partial charge in [0.2, 0.25) is 0 Å². The highest BCUT2D eigenvalue weighted by Gasteiger charge is 2.18. The zero-order chi connectivity index (χ0) is 42.0. The Labute approximate surface area is 367 Å². The Morgan fingerprint density at radius 1 is 0.286 bits per heavy atom. The van der Waals surface area contributed by atoms with Crippen LogP contribution in [-0.2, 0) is 0 Å². The molecular formula is C58H41N5. The molecule has 63 heavy (non-hydrogen) atoms. The molecule has 0 N–H and O–H groups in total. The smallest absolute Gasteiger partial charge is 0.115 e. The molecule has 0 spiro atoms. The molecule has 0 fully saturated rings. The summed E-state index contributed by atoms with van der Waals surface area (Å²) in [4.78, 5) is 13.1. The topological polar surface area (TPSA) is 37.2 Å². The van der Waals surface area contributed by atoms with Crippen LogP contribution in [0.5, 0.6) is 0 Å². The predicted octanol–water partition coefficient (Wildman–Crippen LogP) is 15.5. The lowest BCUT2D eigenvalue weighted by Crippen LogP contribution is -2.09. The second-order valence-electron chi connectivity index (χ2n) is 15.6. The quantitative estimate of drug-likeness (QED) is 0.138. The number of fused-ring (bicyclic) bond motifs is 3. The molecule has 11 aromatic rings. The van der Waals surface area contributed by atoms with Gasteiger partial charge in [-0.05, 0) is 137 Å². The van der Waals surface area contributed by atoms with Gasteiger partial charge in [0, 0.05) is 68.5 Å². The van der Waals surface area contributed by atoms with E-state index in [-0.39, 0.29) is 0 Å². The van der Waals surface area contributed by atoms with Crippen LogP contribution >= 0.6 is 0 Å². The summed E-state index contributed by atoms with van der Waals surface area (Å²) in [6.45, 7) is 0.